The van der Waals surface area contributed by atoms with E-state index >= 15 is 0 Å². The summed E-state index contributed by atoms with van der Waals surface area (Å²) in [7, 11) is 0. The molecule has 0 radical (unpaired) electrons. The van der Waals surface area contributed by atoms with Gasteiger partial charge in [-0.3, -0.25) is 4.79 Å². The van der Waals surface area contributed by atoms with Crippen LogP contribution >= 0.6 is 0 Å². The van der Waals surface area contributed by atoms with E-state index in [0.717, 1.165) is 24.6 Å². The van der Waals surface area contributed by atoms with Gasteiger partial charge >= 0.3 is 5.97 Å². The molecule has 0 saturated heterocycles. The van der Waals surface area contributed by atoms with Crippen molar-refractivity contribution in [1.29, 1.82) is 0 Å². The Hall–Kier alpha value is -2.43. The summed E-state index contributed by atoms with van der Waals surface area (Å²) in [6.07, 6.45) is 0. The molecule has 0 heterocycles. The molecule has 0 unspecified atom stereocenters. The highest BCUT2D eigenvalue weighted by molar-refractivity contribution is 5.69. The van der Waals surface area contributed by atoms with Crippen LogP contribution in [-0.2, 0) is 11.4 Å². The van der Waals surface area contributed by atoms with Crippen molar-refractivity contribution in [3.05, 3.63) is 59.7 Å². The highest BCUT2D eigenvalue weighted by Crippen LogP contribution is 2.30. The van der Waals surface area contributed by atoms with Crippen molar-refractivity contribution in [1.82, 2.24) is 0 Å². The Bertz CT molecular complexity index is 612. The average molecular weight is 278 g/mol. The van der Waals surface area contributed by atoms with Gasteiger partial charge in [-0.2, -0.15) is 4.39 Å². The van der Waals surface area contributed by atoms with Gasteiger partial charge in [-0.15, -0.1) is 0 Å². The van der Waals surface area contributed by atoms with Gasteiger partial charge < -0.3 is 9.47 Å². The summed E-state index contributed by atoms with van der Waals surface area (Å²) in [4.78, 5) is 10.8. The van der Waals surface area contributed by atoms with Crippen LogP contribution in [0, 0.1) is 11.6 Å². The smallest absolute Gasteiger partial charge is 0.308 e. The standard InChI is InChI=1S/C15H12F2O3/c1-10(18)20-13-8-7-12(16)15(14(13)17)19-9-11-5-3-2-4-6-11/h2-8H,9H2,1H3. The van der Waals surface area contributed by atoms with Crippen LogP contribution in [0.25, 0.3) is 0 Å². The number of carbonyl (C=O) groups is 1. The molecule has 0 atom stereocenters. The monoisotopic (exact) mass is 278 g/mol. The van der Waals surface area contributed by atoms with Crippen molar-refractivity contribution in [3.8, 4) is 11.5 Å². The first kappa shape index (κ1) is 14.0. The van der Waals surface area contributed by atoms with E-state index in [0.29, 0.717) is 0 Å². The first-order valence-electron chi connectivity index (χ1n) is 5.91. The number of ether oxygens (including phenoxy) is 2. The maximum atomic E-state index is 14.0. The summed E-state index contributed by atoms with van der Waals surface area (Å²) in [6.45, 7) is 1.14. The number of rotatable bonds is 4. The number of benzene rings is 2. The van der Waals surface area contributed by atoms with Crippen molar-refractivity contribution < 1.29 is 23.0 Å². The number of esters is 1. The highest BCUT2D eigenvalue weighted by Gasteiger charge is 2.17. The topological polar surface area (TPSA) is 35.5 Å². The maximum absolute atomic E-state index is 14.0. The summed E-state index contributed by atoms with van der Waals surface area (Å²) in [5.41, 5.74) is 0.768. The number of hydrogen-bond donors (Lipinski definition) is 0. The predicted octanol–water partition coefficient (Wildman–Crippen LogP) is 3.47. The van der Waals surface area contributed by atoms with E-state index in [4.69, 9.17) is 4.74 Å². The van der Waals surface area contributed by atoms with Gasteiger partial charge in [0, 0.05) is 6.92 Å². The lowest BCUT2D eigenvalue weighted by Gasteiger charge is -2.11. The van der Waals surface area contributed by atoms with Gasteiger partial charge in [0.05, 0.1) is 0 Å². The SMILES string of the molecule is CC(=O)Oc1ccc(F)c(OCc2ccccc2)c1F. The Labute approximate surface area is 114 Å². The van der Waals surface area contributed by atoms with E-state index in [1.165, 1.54) is 0 Å². The normalized spacial score (nSPS) is 10.2. The fraction of sp³-hybridized carbons (Fsp3) is 0.133. The van der Waals surface area contributed by atoms with Crippen molar-refractivity contribution in [2.24, 2.45) is 0 Å². The third-order valence-electron chi connectivity index (χ3n) is 2.49. The fourth-order valence-corrected chi connectivity index (χ4v) is 1.61. The average Bonchev–Trinajstić information content (AvgIpc) is 2.43. The van der Waals surface area contributed by atoms with Gasteiger partial charge in [-0.05, 0) is 17.7 Å². The van der Waals surface area contributed by atoms with Crippen LogP contribution in [0.1, 0.15) is 12.5 Å². The Morgan fingerprint density at radius 2 is 1.80 bits per heavy atom. The van der Waals surface area contributed by atoms with Gasteiger partial charge in [0.1, 0.15) is 6.61 Å². The molecule has 0 saturated carbocycles. The van der Waals surface area contributed by atoms with Crippen molar-refractivity contribution in [3.63, 3.8) is 0 Å². The van der Waals surface area contributed by atoms with Gasteiger partial charge in [-0.1, -0.05) is 30.3 Å². The van der Waals surface area contributed by atoms with Crippen molar-refractivity contribution >= 4 is 5.97 Å². The van der Waals surface area contributed by atoms with E-state index in [9.17, 15) is 13.6 Å². The van der Waals surface area contributed by atoms with E-state index in [1.807, 2.05) is 6.07 Å². The molecule has 104 valence electrons. The molecule has 0 bridgehead atoms. The molecule has 0 amide bonds. The lowest BCUT2D eigenvalue weighted by molar-refractivity contribution is -0.132. The minimum atomic E-state index is -1.03. The van der Waals surface area contributed by atoms with Gasteiger partial charge in [0.2, 0.25) is 5.82 Å². The number of carbonyl (C=O) groups excluding carboxylic acids is 1. The largest absolute Gasteiger partial charge is 0.483 e. The molecule has 20 heavy (non-hydrogen) atoms. The second-order valence-corrected chi connectivity index (χ2v) is 4.06. The van der Waals surface area contributed by atoms with Crippen LogP contribution < -0.4 is 9.47 Å². The minimum Gasteiger partial charge on any atom is -0.483 e. The molecular formula is C15H12F2O3. The zero-order valence-electron chi connectivity index (χ0n) is 10.7. The molecule has 0 N–H and O–H groups in total. The maximum Gasteiger partial charge on any atom is 0.308 e. The lowest BCUT2D eigenvalue weighted by Crippen LogP contribution is -2.06. The van der Waals surface area contributed by atoms with Gasteiger partial charge in [-0.25, -0.2) is 4.39 Å². The van der Waals surface area contributed by atoms with Crippen LogP contribution in [0.5, 0.6) is 11.5 Å². The molecule has 5 heteroatoms. The summed E-state index contributed by atoms with van der Waals surface area (Å²) >= 11 is 0. The Kier molecular flexibility index (Phi) is 4.30. The Morgan fingerprint density at radius 3 is 2.45 bits per heavy atom. The van der Waals surface area contributed by atoms with E-state index in [-0.39, 0.29) is 12.4 Å². The van der Waals surface area contributed by atoms with Crippen LogP contribution in [0.4, 0.5) is 8.78 Å². The lowest BCUT2D eigenvalue weighted by atomic mass is 10.2. The van der Waals surface area contributed by atoms with Crippen LogP contribution in [0.2, 0.25) is 0 Å². The predicted molar refractivity (Wildman–Crippen MR) is 68.4 cm³/mol. The quantitative estimate of drug-likeness (QED) is 0.634. The second-order valence-electron chi connectivity index (χ2n) is 4.06. The summed E-state index contributed by atoms with van der Waals surface area (Å²) in [5, 5.41) is 0. The van der Waals surface area contributed by atoms with Crippen LogP contribution in [0.3, 0.4) is 0 Å². The number of halogens is 2. The minimum absolute atomic E-state index is 0.0121. The molecule has 0 spiro atoms. The molecular weight excluding hydrogens is 266 g/mol. The van der Waals surface area contributed by atoms with Crippen LogP contribution in [-0.4, -0.2) is 5.97 Å². The second kappa shape index (κ2) is 6.14. The highest BCUT2D eigenvalue weighted by atomic mass is 19.1. The summed E-state index contributed by atoms with van der Waals surface area (Å²) in [6, 6.07) is 11.0. The molecule has 0 fully saturated rings. The molecule has 3 nitrogen and oxygen atoms in total. The first-order valence-corrected chi connectivity index (χ1v) is 5.91. The molecule has 2 aromatic rings. The van der Waals surface area contributed by atoms with Gasteiger partial charge in [0.25, 0.3) is 0 Å². The van der Waals surface area contributed by atoms with Gasteiger partial charge in [0.15, 0.2) is 17.3 Å². The molecule has 0 aromatic heterocycles. The molecule has 2 aromatic carbocycles. The molecule has 0 aliphatic rings. The summed E-state index contributed by atoms with van der Waals surface area (Å²) in [5.74, 6) is -3.50. The van der Waals surface area contributed by atoms with E-state index in [1.54, 1.807) is 24.3 Å². The van der Waals surface area contributed by atoms with Crippen LogP contribution in [0.15, 0.2) is 42.5 Å². The Balaban J connectivity index is 2.20. The van der Waals surface area contributed by atoms with Crippen molar-refractivity contribution in [2.75, 3.05) is 0 Å². The summed E-state index contributed by atoms with van der Waals surface area (Å²) < 4.78 is 37.3. The zero-order valence-corrected chi connectivity index (χ0v) is 10.7. The third kappa shape index (κ3) is 3.32. The fourth-order valence-electron chi connectivity index (χ4n) is 1.61. The molecule has 0 aliphatic carbocycles. The zero-order chi connectivity index (χ0) is 14.5. The molecule has 2 rings (SSSR count). The molecule has 0 aliphatic heterocycles. The third-order valence-corrected chi connectivity index (χ3v) is 2.49. The van der Waals surface area contributed by atoms with Crippen molar-refractivity contribution in [2.45, 2.75) is 13.5 Å². The first-order chi connectivity index (χ1) is 9.58. The Morgan fingerprint density at radius 1 is 1.10 bits per heavy atom. The van der Waals surface area contributed by atoms with E-state index < -0.39 is 23.4 Å². The van der Waals surface area contributed by atoms with E-state index in [2.05, 4.69) is 4.74 Å². The number of hydrogen-bond acceptors (Lipinski definition) is 3.